The van der Waals surface area contributed by atoms with Crippen molar-refractivity contribution in [2.75, 3.05) is 40.8 Å². The Morgan fingerprint density at radius 1 is 1.17 bits per heavy atom. The number of aliphatic imine (C=N–C) groups is 1. The molecule has 1 rings (SSSR count). The second kappa shape index (κ2) is 13.0. The molecule has 6 nitrogen and oxygen atoms in total. The van der Waals surface area contributed by atoms with Gasteiger partial charge in [0.2, 0.25) is 5.91 Å². The van der Waals surface area contributed by atoms with E-state index in [2.05, 4.69) is 15.6 Å². The van der Waals surface area contributed by atoms with Gasteiger partial charge in [-0.15, -0.1) is 24.0 Å². The highest BCUT2D eigenvalue weighted by Gasteiger charge is 2.04. The molecule has 23 heavy (non-hydrogen) atoms. The second-order valence-electron chi connectivity index (χ2n) is 4.98. The summed E-state index contributed by atoms with van der Waals surface area (Å²) < 4.78 is 5.61. The highest BCUT2D eigenvalue weighted by molar-refractivity contribution is 14.0. The van der Waals surface area contributed by atoms with Crippen molar-refractivity contribution >= 4 is 35.8 Å². The maximum atomic E-state index is 11.5. The number of nitrogens with zero attached hydrogens (tertiary/aromatic N) is 2. The summed E-state index contributed by atoms with van der Waals surface area (Å²) in [5, 5.41) is 6.31. The van der Waals surface area contributed by atoms with Crippen LogP contribution in [0.1, 0.15) is 12.8 Å². The molecule has 0 spiro atoms. The third-order valence-electron chi connectivity index (χ3n) is 2.98. The predicted octanol–water partition coefficient (Wildman–Crippen LogP) is 1.72. The van der Waals surface area contributed by atoms with E-state index in [0.717, 1.165) is 18.7 Å². The molecule has 0 fully saturated rings. The van der Waals surface area contributed by atoms with E-state index in [-0.39, 0.29) is 29.9 Å². The minimum absolute atomic E-state index is 0. The van der Waals surface area contributed by atoms with Gasteiger partial charge >= 0.3 is 0 Å². The van der Waals surface area contributed by atoms with E-state index in [4.69, 9.17) is 4.74 Å². The number of nitrogens with one attached hydrogen (secondary N) is 2. The number of rotatable bonds is 8. The summed E-state index contributed by atoms with van der Waals surface area (Å²) >= 11 is 0. The van der Waals surface area contributed by atoms with Gasteiger partial charge < -0.3 is 20.3 Å². The lowest BCUT2D eigenvalue weighted by Crippen LogP contribution is -2.39. The van der Waals surface area contributed by atoms with Crippen molar-refractivity contribution < 1.29 is 9.53 Å². The third-order valence-corrected chi connectivity index (χ3v) is 2.98. The molecule has 7 heteroatoms. The van der Waals surface area contributed by atoms with E-state index >= 15 is 0 Å². The first-order valence-corrected chi connectivity index (χ1v) is 7.46. The number of carbonyl (C=O) groups excluding carboxylic acids is 1. The van der Waals surface area contributed by atoms with Gasteiger partial charge in [0.05, 0.1) is 6.61 Å². The van der Waals surface area contributed by atoms with Crippen molar-refractivity contribution in [3.63, 3.8) is 0 Å². The number of ether oxygens (including phenoxy) is 1. The molecule has 0 saturated heterocycles. The highest BCUT2D eigenvalue weighted by atomic mass is 127. The van der Waals surface area contributed by atoms with Crippen LogP contribution in [0.3, 0.4) is 0 Å². The van der Waals surface area contributed by atoms with E-state index in [1.807, 2.05) is 30.3 Å². The fourth-order valence-corrected chi connectivity index (χ4v) is 1.72. The van der Waals surface area contributed by atoms with Crippen molar-refractivity contribution in [1.82, 2.24) is 15.5 Å². The fourth-order valence-electron chi connectivity index (χ4n) is 1.72. The molecule has 130 valence electrons. The zero-order valence-corrected chi connectivity index (χ0v) is 16.4. The molecule has 0 aliphatic carbocycles. The Bertz CT molecular complexity index is 466. The summed E-state index contributed by atoms with van der Waals surface area (Å²) in [5.41, 5.74) is 0. The maximum Gasteiger partial charge on any atom is 0.223 e. The lowest BCUT2D eigenvalue weighted by Gasteiger charge is -2.13. The molecule has 0 bridgehead atoms. The first kappa shape index (κ1) is 21.5. The van der Waals surface area contributed by atoms with Crippen LogP contribution in [-0.4, -0.2) is 57.6 Å². The molecule has 0 atom stereocenters. The molecule has 0 saturated carbocycles. The summed E-state index contributed by atoms with van der Waals surface area (Å²) in [4.78, 5) is 17.2. The van der Waals surface area contributed by atoms with Crippen LogP contribution < -0.4 is 15.4 Å². The van der Waals surface area contributed by atoms with Crippen LogP contribution in [0.15, 0.2) is 35.3 Å². The third kappa shape index (κ3) is 9.98. The Morgan fingerprint density at radius 2 is 1.83 bits per heavy atom. The molecule has 1 aromatic rings. The molecule has 0 radical (unpaired) electrons. The van der Waals surface area contributed by atoms with Gasteiger partial charge in [-0.2, -0.15) is 0 Å². The summed E-state index contributed by atoms with van der Waals surface area (Å²) in [6.45, 7) is 1.97. The van der Waals surface area contributed by atoms with E-state index in [0.29, 0.717) is 25.5 Å². The normalized spacial score (nSPS) is 10.5. The van der Waals surface area contributed by atoms with Gasteiger partial charge in [-0.25, -0.2) is 0 Å². The summed E-state index contributed by atoms with van der Waals surface area (Å²) in [7, 11) is 5.22. The van der Waals surface area contributed by atoms with Crippen LogP contribution in [0.4, 0.5) is 0 Å². The molecule has 0 heterocycles. The quantitative estimate of drug-likeness (QED) is 0.283. The second-order valence-corrected chi connectivity index (χ2v) is 4.98. The SMILES string of the molecule is CN=C(NCCCOc1ccccc1)NCCC(=O)N(C)C.I. The first-order valence-electron chi connectivity index (χ1n) is 7.46. The number of carbonyl (C=O) groups is 1. The Kier molecular flexibility index (Phi) is 12.1. The fraction of sp³-hybridized carbons (Fsp3) is 0.500. The van der Waals surface area contributed by atoms with Gasteiger partial charge in [-0.1, -0.05) is 18.2 Å². The van der Waals surface area contributed by atoms with Gasteiger partial charge in [0.15, 0.2) is 5.96 Å². The molecule has 1 amide bonds. The van der Waals surface area contributed by atoms with Crippen LogP contribution in [0.5, 0.6) is 5.75 Å². The lowest BCUT2D eigenvalue weighted by atomic mass is 10.3. The van der Waals surface area contributed by atoms with Gasteiger partial charge in [0.1, 0.15) is 5.75 Å². The van der Waals surface area contributed by atoms with Crippen LogP contribution >= 0.6 is 24.0 Å². The summed E-state index contributed by atoms with van der Waals surface area (Å²) in [6, 6.07) is 9.75. The van der Waals surface area contributed by atoms with Crippen molar-refractivity contribution in [2.45, 2.75) is 12.8 Å². The van der Waals surface area contributed by atoms with Crippen molar-refractivity contribution in [3.05, 3.63) is 30.3 Å². The highest BCUT2D eigenvalue weighted by Crippen LogP contribution is 2.07. The molecule has 0 aliphatic rings. The largest absolute Gasteiger partial charge is 0.494 e. The molecule has 2 N–H and O–H groups in total. The average molecular weight is 434 g/mol. The van der Waals surface area contributed by atoms with Crippen LogP contribution in [0.25, 0.3) is 0 Å². The van der Waals surface area contributed by atoms with Crippen molar-refractivity contribution in [2.24, 2.45) is 4.99 Å². The van der Waals surface area contributed by atoms with E-state index in [1.54, 1.807) is 26.0 Å². The zero-order chi connectivity index (χ0) is 16.2. The summed E-state index contributed by atoms with van der Waals surface area (Å²) in [5.74, 6) is 1.68. The standard InChI is InChI=1S/C16H26N4O2.HI/c1-17-16(19-12-10-15(21)20(2)3)18-11-7-13-22-14-8-5-4-6-9-14;/h4-6,8-9H,7,10-13H2,1-3H3,(H2,17,18,19);1H. The number of hydrogen-bond acceptors (Lipinski definition) is 3. The topological polar surface area (TPSA) is 66.0 Å². The number of hydrogen-bond donors (Lipinski definition) is 2. The number of halogens is 1. The Morgan fingerprint density at radius 3 is 2.43 bits per heavy atom. The molecular weight excluding hydrogens is 407 g/mol. The molecular formula is C16H27IN4O2. The van der Waals surface area contributed by atoms with Gasteiger partial charge in [0.25, 0.3) is 0 Å². The van der Waals surface area contributed by atoms with Crippen LogP contribution in [0.2, 0.25) is 0 Å². The minimum atomic E-state index is 0. The maximum absolute atomic E-state index is 11.5. The minimum Gasteiger partial charge on any atom is -0.494 e. The summed E-state index contributed by atoms with van der Waals surface area (Å²) in [6.07, 6.45) is 1.32. The zero-order valence-electron chi connectivity index (χ0n) is 14.0. The van der Waals surface area contributed by atoms with Crippen molar-refractivity contribution in [1.29, 1.82) is 0 Å². The molecule has 0 aliphatic heterocycles. The number of amides is 1. The Hall–Kier alpha value is -1.51. The average Bonchev–Trinajstić information content (AvgIpc) is 2.53. The Labute approximate surface area is 155 Å². The predicted molar refractivity (Wildman–Crippen MR) is 105 cm³/mol. The van der Waals surface area contributed by atoms with Crippen LogP contribution in [0, 0.1) is 0 Å². The van der Waals surface area contributed by atoms with Gasteiger partial charge in [-0.3, -0.25) is 9.79 Å². The molecule has 0 unspecified atom stereocenters. The van der Waals surface area contributed by atoms with E-state index < -0.39 is 0 Å². The smallest absolute Gasteiger partial charge is 0.223 e. The number of benzene rings is 1. The van der Waals surface area contributed by atoms with E-state index in [9.17, 15) is 4.79 Å². The van der Waals surface area contributed by atoms with Crippen LogP contribution in [-0.2, 0) is 4.79 Å². The van der Waals surface area contributed by atoms with Gasteiger partial charge in [0, 0.05) is 40.7 Å². The van der Waals surface area contributed by atoms with E-state index in [1.165, 1.54) is 0 Å². The number of para-hydroxylation sites is 1. The molecule has 1 aromatic carbocycles. The first-order chi connectivity index (χ1) is 10.6. The van der Waals surface area contributed by atoms with Crippen molar-refractivity contribution in [3.8, 4) is 5.75 Å². The Balaban J connectivity index is 0.00000484. The molecule has 0 aromatic heterocycles. The monoisotopic (exact) mass is 434 g/mol. The number of guanidine groups is 1. The lowest BCUT2D eigenvalue weighted by molar-refractivity contribution is -0.128. The van der Waals surface area contributed by atoms with Gasteiger partial charge in [-0.05, 0) is 18.6 Å².